The van der Waals surface area contributed by atoms with Gasteiger partial charge in [0.25, 0.3) is 0 Å². The normalized spacial score (nSPS) is 18.8. The minimum absolute atomic E-state index is 0.0864. The summed E-state index contributed by atoms with van der Waals surface area (Å²) in [7, 11) is 1.66. The summed E-state index contributed by atoms with van der Waals surface area (Å²) in [5, 5.41) is 0. The number of amides is 1. The molecule has 0 spiro atoms. The average Bonchev–Trinajstić information content (AvgIpc) is 3.13. The van der Waals surface area contributed by atoms with Crippen LogP contribution in [0.4, 0.5) is 0 Å². The van der Waals surface area contributed by atoms with Crippen LogP contribution in [-0.2, 0) is 9.53 Å². The highest BCUT2D eigenvalue weighted by Gasteiger charge is 2.35. The SMILES string of the molecule is CCC[C@@H](N)C(=O)N(CCOC)C(C)C1CC1. The number of nitrogens with zero attached hydrogens (tertiary/aromatic N) is 1. The third-order valence-corrected chi connectivity index (χ3v) is 3.53. The van der Waals surface area contributed by atoms with E-state index in [-0.39, 0.29) is 11.9 Å². The molecular formula is C13H26N2O2. The van der Waals surface area contributed by atoms with Crippen molar-refractivity contribution in [3.05, 3.63) is 0 Å². The number of hydrogen-bond donors (Lipinski definition) is 1. The van der Waals surface area contributed by atoms with E-state index in [1.54, 1.807) is 7.11 Å². The van der Waals surface area contributed by atoms with Gasteiger partial charge in [-0.1, -0.05) is 13.3 Å². The molecule has 4 nitrogen and oxygen atoms in total. The van der Waals surface area contributed by atoms with Crippen LogP contribution in [0.5, 0.6) is 0 Å². The van der Waals surface area contributed by atoms with Crippen LogP contribution < -0.4 is 5.73 Å². The van der Waals surface area contributed by atoms with Gasteiger partial charge in [-0.3, -0.25) is 4.79 Å². The van der Waals surface area contributed by atoms with Gasteiger partial charge in [0.15, 0.2) is 0 Å². The minimum atomic E-state index is -0.349. The summed E-state index contributed by atoms with van der Waals surface area (Å²) in [5.74, 6) is 0.757. The molecule has 0 saturated heterocycles. The molecule has 1 unspecified atom stereocenters. The summed E-state index contributed by atoms with van der Waals surface area (Å²) >= 11 is 0. The molecule has 2 N–H and O–H groups in total. The first-order valence-corrected chi connectivity index (χ1v) is 6.66. The van der Waals surface area contributed by atoms with E-state index in [0.717, 1.165) is 12.8 Å². The molecule has 1 aliphatic carbocycles. The molecule has 1 amide bonds. The van der Waals surface area contributed by atoms with E-state index in [4.69, 9.17) is 10.5 Å². The maximum absolute atomic E-state index is 12.3. The lowest BCUT2D eigenvalue weighted by molar-refractivity contribution is -0.136. The molecule has 0 bridgehead atoms. The van der Waals surface area contributed by atoms with Gasteiger partial charge in [0.2, 0.25) is 5.91 Å². The van der Waals surface area contributed by atoms with E-state index in [2.05, 4.69) is 13.8 Å². The first-order chi connectivity index (χ1) is 8.11. The van der Waals surface area contributed by atoms with Crippen molar-refractivity contribution < 1.29 is 9.53 Å². The zero-order chi connectivity index (χ0) is 12.8. The van der Waals surface area contributed by atoms with Gasteiger partial charge in [-0.2, -0.15) is 0 Å². The fourth-order valence-electron chi connectivity index (χ4n) is 2.18. The van der Waals surface area contributed by atoms with Crippen LogP contribution in [0.2, 0.25) is 0 Å². The van der Waals surface area contributed by atoms with Crippen LogP contribution in [0.25, 0.3) is 0 Å². The number of hydrogen-bond acceptors (Lipinski definition) is 3. The number of carbonyl (C=O) groups excluding carboxylic acids is 1. The predicted molar refractivity (Wildman–Crippen MR) is 68.7 cm³/mol. The van der Waals surface area contributed by atoms with E-state index >= 15 is 0 Å². The van der Waals surface area contributed by atoms with Crippen molar-refractivity contribution in [2.45, 2.75) is 51.6 Å². The number of methoxy groups -OCH3 is 1. The number of rotatable bonds is 8. The zero-order valence-electron chi connectivity index (χ0n) is 11.3. The molecule has 1 saturated carbocycles. The molecule has 0 aliphatic heterocycles. The van der Waals surface area contributed by atoms with Gasteiger partial charge in [-0.15, -0.1) is 0 Å². The largest absolute Gasteiger partial charge is 0.383 e. The van der Waals surface area contributed by atoms with Gasteiger partial charge in [0.1, 0.15) is 0 Å². The Bertz CT molecular complexity index is 242. The Labute approximate surface area is 104 Å². The molecule has 1 rings (SSSR count). The second-order valence-electron chi connectivity index (χ2n) is 5.00. The van der Waals surface area contributed by atoms with Crippen molar-refractivity contribution in [2.24, 2.45) is 11.7 Å². The molecular weight excluding hydrogens is 216 g/mol. The monoisotopic (exact) mass is 242 g/mol. The fraction of sp³-hybridized carbons (Fsp3) is 0.923. The Balaban J connectivity index is 2.56. The van der Waals surface area contributed by atoms with Crippen LogP contribution in [0.3, 0.4) is 0 Å². The Morgan fingerprint density at radius 1 is 1.53 bits per heavy atom. The Hall–Kier alpha value is -0.610. The van der Waals surface area contributed by atoms with E-state index in [0.29, 0.717) is 25.1 Å². The van der Waals surface area contributed by atoms with Crippen molar-refractivity contribution >= 4 is 5.91 Å². The lowest BCUT2D eigenvalue weighted by atomic mass is 10.1. The summed E-state index contributed by atoms with van der Waals surface area (Å²) in [6, 6.07) is -0.0430. The van der Waals surface area contributed by atoms with Crippen LogP contribution in [0.15, 0.2) is 0 Å². The number of ether oxygens (including phenoxy) is 1. The van der Waals surface area contributed by atoms with Crippen molar-refractivity contribution in [2.75, 3.05) is 20.3 Å². The molecule has 0 aromatic heterocycles. The minimum Gasteiger partial charge on any atom is -0.383 e. The highest BCUT2D eigenvalue weighted by Crippen LogP contribution is 2.35. The highest BCUT2D eigenvalue weighted by molar-refractivity contribution is 5.82. The van der Waals surface area contributed by atoms with Crippen LogP contribution >= 0.6 is 0 Å². The maximum Gasteiger partial charge on any atom is 0.239 e. The standard InChI is InChI=1S/C13H26N2O2/c1-4-5-12(14)13(16)15(8-9-17-3)10(2)11-6-7-11/h10-12H,4-9,14H2,1-3H3/t10?,12-/m1/s1. The molecule has 17 heavy (non-hydrogen) atoms. The molecule has 1 aliphatic rings. The molecule has 0 aromatic rings. The molecule has 4 heteroatoms. The van der Waals surface area contributed by atoms with Crippen molar-refractivity contribution in [3.8, 4) is 0 Å². The van der Waals surface area contributed by atoms with Gasteiger partial charge in [0, 0.05) is 19.7 Å². The van der Waals surface area contributed by atoms with E-state index in [9.17, 15) is 4.79 Å². The lowest BCUT2D eigenvalue weighted by Gasteiger charge is -2.31. The van der Waals surface area contributed by atoms with Crippen molar-refractivity contribution in [1.82, 2.24) is 4.90 Å². The predicted octanol–water partition coefficient (Wildman–Crippen LogP) is 1.39. The summed E-state index contributed by atoms with van der Waals surface area (Å²) in [6.45, 7) is 5.42. The van der Waals surface area contributed by atoms with Crippen LogP contribution in [0.1, 0.15) is 39.5 Å². The second kappa shape index (κ2) is 6.97. The van der Waals surface area contributed by atoms with E-state index < -0.39 is 0 Å². The van der Waals surface area contributed by atoms with Crippen molar-refractivity contribution in [3.63, 3.8) is 0 Å². The van der Waals surface area contributed by atoms with Crippen LogP contribution in [0, 0.1) is 5.92 Å². The van der Waals surface area contributed by atoms with E-state index in [1.807, 2.05) is 4.90 Å². The van der Waals surface area contributed by atoms with Gasteiger partial charge in [-0.05, 0) is 32.1 Å². The molecule has 2 atom stereocenters. The Morgan fingerprint density at radius 3 is 2.65 bits per heavy atom. The Kier molecular flexibility index (Phi) is 5.92. The average molecular weight is 242 g/mol. The smallest absolute Gasteiger partial charge is 0.239 e. The van der Waals surface area contributed by atoms with Gasteiger partial charge in [-0.25, -0.2) is 0 Å². The zero-order valence-corrected chi connectivity index (χ0v) is 11.3. The molecule has 0 aromatic carbocycles. The van der Waals surface area contributed by atoms with Crippen molar-refractivity contribution in [1.29, 1.82) is 0 Å². The summed E-state index contributed by atoms with van der Waals surface area (Å²) in [6.07, 6.45) is 4.18. The molecule has 0 radical (unpaired) electrons. The molecule has 1 fully saturated rings. The van der Waals surface area contributed by atoms with Gasteiger partial charge in [0.05, 0.1) is 12.6 Å². The summed E-state index contributed by atoms with van der Waals surface area (Å²) in [5.41, 5.74) is 5.93. The van der Waals surface area contributed by atoms with Crippen LogP contribution in [-0.4, -0.2) is 43.2 Å². The third-order valence-electron chi connectivity index (χ3n) is 3.53. The summed E-state index contributed by atoms with van der Waals surface area (Å²) < 4.78 is 5.08. The van der Waals surface area contributed by atoms with Gasteiger partial charge >= 0.3 is 0 Å². The first-order valence-electron chi connectivity index (χ1n) is 6.66. The third kappa shape index (κ3) is 4.28. The highest BCUT2D eigenvalue weighted by atomic mass is 16.5. The maximum atomic E-state index is 12.3. The first kappa shape index (κ1) is 14.5. The topological polar surface area (TPSA) is 55.6 Å². The Morgan fingerprint density at radius 2 is 2.18 bits per heavy atom. The molecule has 100 valence electrons. The number of carbonyl (C=O) groups is 1. The number of nitrogens with two attached hydrogens (primary N) is 1. The second-order valence-corrected chi connectivity index (χ2v) is 5.00. The fourth-order valence-corrected chi connectivity index (χ4v) is 2.18. The quantitative estimate of drug-likeness (QED) is 0.699. The van der Waals surface area contributed by atoms with Gasteiger partial charge < -0.3 is 15.4 Å². The lowest BCUT2D eigenvalue weighted by Crippen LogP contribution is -2.49. The van der Waals surface area contributed by atoms with E-state index in [1.165, 1.54) is 12.8 Å². The summed E-state index contributed by atoms with van der Waals surface area (Å²) in [4.78, 5) is 14.2. The molecule has 0 heterocycles.